The molecule has 2 N–H and O–H groups in total. The molecule has 4 nitrogen and oxygen atoms in total. The van der Waals surface area contributed by atoms with E-state index in [4.69, 9.17) is 81.2 Å². The lowest BCUT2D eigenvalue weighted by Gasteiger charge is -2.33. The number of amides is 1. The molecule has 0 unspecified atom stereocenters. The minimum absolute atomic E-state index is 0.259. The van der Waals surface area contributed by atoms with E-state index in [1.54, 1.807) is 19.1 Å². The Morgan fingerprint density at radius 3 is 2.00 bits per heavy atom. The van der Waals surface area contributed by atoms with Crippen LogP contribution in [0.15, 0.2) is 28.3 Å². The number of rotatable bonds is 3. The molecule has 3 rings (SSSR count). The summed E-state index contributed by atoms with van der Waals surface area (Å²) < 4.78 is -2.15. The van der Waals surface area contributed by atoms with Crippen LogP contribution in [0, 0.1) is 18.8 Å². The molecule has 1 saturated carbocycles. The molecule has 2 aliphatic rings. The Morgan fingerprint density at radius 2 is 1.52 bits per heavy atom. The maximum atomic E-state index is 13.0. The van der Waals surface area contributed by atoms with Crippen molar-refractivity contribution in [2.75, 3.05) is 5.32 Å². The van der Waals surface area contributed by atoms with Gasteiger partial charge in [0, 0.05) is 10.7 Å². The zero-order valence-corrected chi connectivity index (χ0v) is 18.6. The second-order valence-electron chi connectivity index (χ2n) is 6.37. The number of fused-ring (bicyclic) bond motifs is 2. The van der Waals surface area contributed by atoms with E-state index in [2.05, 4.69) is 5.32 Å². The second kappa shape index (κ2) is 6.73. The molecule has 1 fully saturated rings. The third-order valence-corrected chi connectivity index (χ3v) is 9.59. The van der Waals surface area contributed by atoms with E-state index < -0.39 is 37.8 Å². The number of aliphatic carboxylic acids is 1. The number of aryl methyl sites for hydroxylation is 1. The fourth-order valence-corrected chi connectivity index (χ4v) is 6.63. The van der Waals surface area contributed by atoms with Gasteiger partial charge in [-0.15, -0.1) is 23.2 Å². The molecule has 0 saturated heterocycles. The molecule has 27 heavy (non-hydrogen) atoms. The number of anilines is 1. The maximum absolute atomic E-state index is 13.0. The van der Waals surface area contributed by atoms with Crippen molar-refractivity contribution in [3.8, 4) is 0 Å². The number of carbonyl (C=O) groups is 2. The first-order chi connectivity index (χ1) is 12.3. The lowest BCUT2D eigenvalue weighted by Crippen LogP contribution is -2.47. The number of benzene rings is 1. The van der Waals surface area contributed by atoms with Gasteiger partial charge in [-0.1, -0.05) is 64.1 Å². The molecule has 0 aromatic heterocycles. The smallest absolute Gasteiger partial charge is 0.309 e. The summed E-state index contributed by atoms with van der Waals surface area (Å²) in [6.07, 6.45) is 0. The highest BCUT2D eigenvalue weighted by atomic mass is 35.5. The van der Waals surface area contributed by atoms with Gasteiger partial charge < -0.3 is 10.4 Å². The van der Waals surface area contributed by atoms with Crippen LogP contribution in [0.1, 0.15) is 5.56 Å². The van der Waals surface area contributed by atoms with Gasteiger partial charge in [0.25, 0.3) is 0 Å². The van der Waals surface area contributed by atoms with Crippen molar-refractivity contribution in [2.24, 2.45) is 11.8 Å². The summed E-state index contributed by atoms with van der Waals surface area (Å²) in [4.78, 5) is 20.9. The summed E-state index contributed by atoms with van der Waals surface area (Å²) in [6, 6.07) is 4.79. The Morgan fingerprint density at radius 1 is 1.00 bits per heavy atom. The Bertz CT molecular complexity index is 902. The molecule has 1 aromatic carbocycles. The molecule has 0 aliphatic heterocycles. The van der Waals surface area contributed by atoms with Crippen LogP contribution in [0.5, 0.6) is 0 Å². The highest BCUT2D eigenvalue weighted by Gasteiger charge is 2.85. The van der Waals surface area contributed by atoms with Crippen LogP contribution < -0.4 is 5.32 Å². The van der Waals surface area contributed by atoms with Gasteiger partial charge in [-0.2, -0.15) is 0 Å². The quantitative estimate of drug-likeness (QED) is 0.507. The first-order valence-corrected chi connectivity index (χ1v) is 10.1. The van der Waals surface area contributed by atoms with Gasteiger partial charge in [0.1, 0.15) is 9.75 Å². The SMILES string of the molecule is Cc1ccc(NC(=O)[C@@H]2[C@H](C(=O)O)[C@@]3(Cl)C(Cl)=C(Cl)[C@@]2(Cl)C3(Cl)Cl)cc1Cl. The Hall–Kier alpha value is -0.0700. The van der Waals surface area contributed by atoms with Gasteiger partial charge in [0.15, 0.2) is 4.33 Å². The number of carboxylic acids is 1. The maximum Gasteiger partial charge on any atom is 0.309 e. The predicted octanol–water partition coefficient (Wildman–Crippen LogP) is 5.75. The molecule has 0 radical (unpaired) electrons. The van der Waals surface area contributed by atoms with Crippen LogP contribution in [0.4, 0.5) is 5.69 Å². The molecular weight excluding hydrogens is 502 g/mol. The summed E-state index contributed by atoms with van der Waals surface area (Å²) in [5.41, 5.74) is 1.12. The molecule has 146 valence electrons. The molecule has 2 bridgehead atoms. The Kier molecular flexibility index (Phi) is 5.39. The zero-order valence-electron chi connectivity index (χ0n) is 13.3. The summed E-state index contributed by atoms with van der Waals surface area (Å²) in [6.45, 7) is 1.79. The molecule has 4 atom stereocenters. The minimum Gasteiger partial charge on any atom is -0.481 e. The van der Waals surface area contributed by atoms with Crippen molar-refractivity contribution in [2.45, 2.75) is 21.0 Å². The first-order valence-electron chi connectivity index (χ1n) is 7.43. The Balaban J connectivity index is 2.10. The van der Waals surface area contributed by atoms with E-state index in [1.807, 2.05) is 0 Å². The average Bonchev–Trinajstić information content (AvgIpc) is 2.78. The van der Waals surface area contributed by atoms with E-state index >= 15 is 0 Å². The lowest BCUT2D eigenvalue weighted by molar-refractivity contribution is -0.146. The highest BCUT2D eigenvalue weighted by molar-refractivity contribution is 6.66. The molecule has 0 spiro atoms. The first kappa shape index (κ1) is 21.6. The van der Waals surface area contributed by atoms with Crippen molar-refractivity contribution in [3.05, 3.63) is 38.8 Å². The normalized spacial score (nSPS) is 34.1. The molecule has 1 aromatic rings. The number of carboxylic acid groups (broad SMARTS) is 1. The molecule has 2 aliphatic carbocycles. The number of allylic oxidation sites excluding steroid dienone is 2. The fourth-order valence-electron chi connectivity index (χ4n) is 3.52. The van der Waals surface area contributed by atoms with Crippen molar-refractivity contribution >= 4 is 98.8 Å². The Labute approximate surface area is 189 Å². The van der Waals surface area contributed by atoms with Gasteiger partial charge in [-0.25, -0.2) is 0 Å². The van der Waals surface area contributed by atoms with Gasteiger partial charge >= 0.3 is 5.97 Å². The van der Waals surface area contributed by atoms with Gasteiger partial charge in [0.2, 0.25) is 5.91 Å². The average molecular weight is 512 g/mol. The summed E-state index contributed by atoms with van der Waals surface area (Å²) in [7, 11) is 0. The number of nitrogens with one attached hydrogen (secondary N) is 1. The van der Waals surface area contributed by atoms with E-state index in [9.17, 15) is 14.7 Å². The van der Waals surface area contributed by atoms with Gasteiger partial charge in [-0.3, -0.25) is 9.59 Å². The molecule has 11 heteroatoms. The van der Waals surface area contributed by atoms with Gasteiger partial charge in [-0.05, 0) is 24.6 Å². The number of carbonyl (C=O) groups excluding carboxylic acids is 1. The fraction of sp³-hybridized carbons (Fsp3) is 0.375. The second-order valence-corrected chi connectivity index (χ2v) is 10.1. The molecule has 1 amide bonds. The van der Waals surface area contributed by atoms with E-state index in [-0.39, 0.29) is 10.1 Å². The van der Waals surface area contributed by atoms with Crippen molar-refractivity contribution in [3.63, 3.8) is 0 Å². The van der Waals surface area contributed by atoms with E-state index in [1.165, 1.54) is 6.07 Å². The van der Waals surface area contributed by atoms with E-state index in [0.29, 0.717) is 10.7 Å². The molecular formula is C16H10Cl7NO3. The summed E-state index contributed by atoms with van der Waals surface area (Å²) in [5, 5.41) is 12.2. The highest BCUT2D eigenvalue weighted by Crippen LogP contribution is 2.76. The topological polar surface area (TPSA) is 66.4 Å². The largest absolute Gasteiger partial charge is 0.481 e. The minimum atomic E-state index is -2.15. The van der Waals surface area contributed by atoms with Crippen LogP contribution >= 0.6 is 81.2 Å². The molecule has 0 heterocycles. The standard InChI is InChI=1S/C16H10Cl7NO3/c1-5-2-3-6(4-7(5)17)24-12(25)8-9(13(26)27)15(21)11(19)10(18)14(8,20)16(15,22)23/h2-4,8-9H,1H3,(H,24,25)(H,26,27)/t8-,9+,14+,15+/m0/s1. The zero-order chi connectivity index (χ0) is 20.5. The van der Waals surface area contributed by atoms with Crippen molar-refractivity contribution in [1.29, 1.82) is 0 Å². The third-order valence-electron chi connectivity index (χ3n) is 4.92. The van der Waals surface area contributed by atoms with Crippen molar-refractivity contribution in [1.82, 2.24) is 0 Å². The lowest BCUT2D eigenvalue weighted by atomic mass is 9.81. The number of hydrogen-bond donors (Lipinski definition) is 2. The third kappa shape index (κ3) is 2.64. The van der Waals surface area contributed by atoms with Crippen LogP contribution in [0.3, 0.4) is 0 Å². The number of alkyl halides is 4. The summed E-state index contributed by atoms with van der Waals surface area (Å²) >= 11 is 44.1. The van der Waals surface area contributed by atoms with E-state index in [0.717, 1.165) is 5.56 Å². The van der Waals surface area contributed by atoms with Crippen LogP contribution in [-0.2, 0) is 9.59 Å². The van der Waals surface area contributed by atoms with Crippen LogP contribution in [0.2, 0.25) is 5.02 Å². The van der Waals surface area contributed by atoms with Crippen LogP contribution in [-0.4, -0.2) is 31.1 Å². The van der Waals surface area contributed by atoms with Crippen LogP contribution in [0.25, 0.3) is 0 Å². The number of hydrogen-bond acceptors (Lipinski definition) is 2. The number of halogens is 7. The predicted molar refractivity (Wildman–Crippen MR) is 110 cm³/mol. The van der Waals surface area contributed by atoms with Gasteiger partial charge in [0.05, 0.1) is 21.9 Å². The monoisotopic (exact) mass is 509 g/mol. The van der Waals surface area contributed by atoms with Crippen molar-refractivity contribution < 1.29 is 14.7 Å². The summed E-state index contributed by atoms with van der Waals surface area (Å²) in [5.74, 6) is -5.35.